The molecule has 0 spiro atoms. The molecule has 0 bridgehead atoms. The first kappa shape index (κ1) is 14.9. The molecule has 1 aromatic rings. The number of thioether (sulfide) groups is 1. The SMILES string of the molecule is CCC1(C)C(=O)NCC(=O)N1CCSc1ccccc1. The highest BCUT2D eigenvalue weighted by Gasteiger charge is 2.43. The van der Waals surface area contributed by atoms with Crippen molar-refractivity contribution in [2.75, 3.05) is 18.8 Å². The van der Waals surface area contributed by atoms with Gasteiger partial charge in [0.15, 0.2) is 0 Å². The second-order valence-corrected chi connectivity index (χ2v) is 6.19. The van der Waals surface area contributed by atoms with E-state index in [1.165, 1.54) is 4.90 Å². The van der Waals surface area contributed by atoms with E-state index in [0.717, 1.165) is 5.75 Å². The van der Waals surface area contributed by atoms with Crippen LogP contribution in [0.1, 0.15) is 20.3 Å². The van der Waals surface area contributed by atoms with Crippen molar-refractivity contribution in [3.05, 3.63) is 30.3 Å². The number of piperazine rings is 1. The minimum Gasteiger partial charge on any atom is -0.345 e. The molecule has 4 nitrogen and oxygen atoms in total. The third kappa shape index (κ3) is 2.98. The molecule has 1 fully saturated rings. The molecule has 0 saturated carbocycles. The zero-order valence-electron chi connectivity index (χ0n) is 11.9. The van der Waals surface area contributed by atoms with Gasteiger partial charge in [-0.15, -0.1) is 11.8 Å². The highest BCUT2D eigenvalue weighted by Crippen LogP contribution is 2.24. The third-order valence-electron chi connectivity index (χ3n) is 3.80. The lowest BCUT2D eigenvalue weighted by Gasteiger charge is -2.43. The van der Waals surface area contributed by atoms with Crippen molar-refractivity contribution in [2.45, 2.75) is 30.7 Å². The summed E-state index contributed by atoms with van der Waals surface area (Å²) in [4.78, 5) is 27.0. The fourth-order valence-electron chi connectivity index (χ4n) is 2.33. The molecule has 1 unspecified atom stereocenters. The van der Waals surface area contributed by atoms with Crippen LogP contribution in [0.4, 0.5) is 0 Å². The van der Waals surface area contributed by atoms with E-state index in [4.69, 9.17) is 0 Å². The Labute approximate surface area is 123 Å². The van der Waals surface area contributed by atoms with E-state index in [9.17, 15) is 9.59 Å². The van der Waals surface area contributed by atoms with Gasteiger partial charge in [-0.3, -0.25) is 9.59 Å². The van der Waals surface area contributed by atoms with E-state index in [1.807, 2.05) is 32.0 Å². The van der Waals surface area contributed by atoms with Gasteiger partial charge in [0.2, 0.25) is 11.8 Å². The van der Waals surface area contributed by atoms with E-state index in [1.54, 1.807) is 16.7 Å². The fourth-order valence-corrected chi connectivity index (χ4v) is 3.19. The quantitative estimate of drug-likeness (QED) is 0.843. The van der Waals surface area contributed by atoms with Crippen LogP contribution < -0.4 is 5.32 Å². The molecular formula is C15H20N2O2S. The van der Waals surface area contributed by atoms with Crippen molar-refractivity contribution < 1.29 is 9.59 Å². The van der Waals surface area contributed by atoms with Gasteiger partial charge in [0.25, 0.3) is 0 Å². The lowest BCUT2D eigenvalue weighted by Crippen LogP contribution is -2.65. The Bertz CT molecular complexity index is 492. The maximum atomic E-state index is 12.1. The number of carbonyl (C=O) groups is 2. The molecular weight excluding hydrogens is 272 g/mol. The molecule has 0 aromatic heterocycles. The number of nitrogens with zero attached hydrogens (tertiary/aromatic N) is 1. The van der Waals surface area contributed by atoms with E-state index in [-0.39, 0.29) is 18.4 Å². The first-order chi connectivity index (χ1) is 9.58. The Morgan fingerprint density at radius 1 is 1.30 bits per heavy atom. The molecule has 20 heavy (non-hydrogen) atoms. The smallest absolute Gasteiger partial charge is 0.246 e. The standard InChI is InChI=1S/C15H20N2O2S/c1-3-15(2)14(19)16-11-13(18)17(15)9-10-20-12-7-5-4-6-8-12/h4-8H,3,9-11H2,1-2H3,(H,16,19). The van der Waals surface area contributed by atoms with Crippen molar-refractivity contribution in [2.24, 2.45) is 0 Å². The van der Waals surface area contributed by atoms with Crippen LogP contribution in [0.15, 0.2) is 35.2 Å². The number of amides is 2. The Morgan fingerprint density at radius 2 is 2.00 bits per heavy atom. The summed E-state index contributed by atoms with van der Waals surface area (Å²) >= 11 is 1.70. The summed E-state index contributed by atoms with van der Waals surface area (Å²) in [6.07, 6.45) is 0.626. The van der Waals surface area contributed by atoms with Crippen molar-refractivity contribution in [1.29, 1.82) is 0 Å². The second-order valence-electron chi connectivity index (χ2n) is 5.02. The molecule has 1 heterocycles. The molecule has 1 atom stereocenters. The first-order valence-corrected chi connectivity index (χ1v) is 7.83. The molecule has 2 rings (SSSR count). The first-order valence-electron chi connectivity index (χ1n) is 6.84. The molecule has 1 saturated heterocycles. The Hall–Kier alpha value is -1.49. The Kier molecular flexibility index (Phi) is 4.70. The monoisotopic (exact) mass is 292 g/mol. The molecule has 2 amide bonds. The van der Waals surface area contributed by atoms with Gasteiger partial charge in [-0.1, -0.05) is 25.1 Å². The summed E-state index contributed by atoms with van der Waals surface area (Å²) in [6.45, 7) is 4.49. The van der Waals surface area contributed by atoms with E-state index in [0.29, 0.717) is 13.0 Å². The summed E-state index contributed by atoms with van der Waals surface area (Å²) in [5.41, 5.74) is -0.716. The van der Waals surface area contributed by atoms with Gasteiger partial charge < -0.3 is 10.2 Å². The van der Waals surface area contributed by atoms with Crippen LogP contribution in [-0.4, -0.2) is 41.1 Å². The van der Waals surface area contributed by atoms with Crippen molar-refractivity contribution in [3.63, 3.8) is 0 Å². The number of benzene rings is 1. The highest BCUT2D eigenvalue weighted by molar-refractivity contribution is 7.99. The maximum absolute atomic E-state index is 12.1. The van der Waals surface area contributed by atoms with Gasteiger partial charge in [-0.05, 0) is 25.5 Å². The summed E-state index contributed by atoms with van der Waals surface area (Å²) in [6, 6.07) is 10.1. The van der Waals surface area contributed by atoms with Crippen LogP contribution in [0.3, 0.4) is 0 Å². The molecule has 0 aliphatic carbocycles. The van der Waals surface area contributed by atoms with Gasteiger partial charge >= 0.3 is 0 Å². The summed E-state index contributed by atoms with van der Waals surface area (Å²) in [7, 11) is 0. The summed E-state index contributed by atoms with van der Waals surface area (Å²) < 4.78 is 0. The number of carbonyl (C=O) groups excluding carboxylic acids is 2. The third-order valence-corrected chi connectivity index (χ3v) is 4.79. The van der Waals surface area contributed by atoms with Crippen LogP contribution >= 0.6 is 11.8 Å². The molecule has 1 aliphatic heterocycles. The average Bonchev–Trinajstić information content (AvgIpc) is 2.48. The lowest BCUT2D eigenvalue weighted by atomic mass is 9.93. The van der Waals surface area contributed by atoms with E-state index < -0.39 is 5.54 Å². The van der Waals surface area contributed by atoms with E-state index in [2.05, 4.69) is 17.4 Å². The Balaban J connectivity index is 1.99. The minimum atomic E-state index is -0.716. The van der Waals surface area contributed by atoms with Crippen molar-refractivity contribution >= 4 is 23.6 Å². The molecule has 5 heteroatoms. The normalized spacial score (nSPS) is 22.8. The molecule has 1 aromatic carbocycles. The topological polar surface area (TPSA) is 49.4 Å². The van der Waals surface area contributed by atoms with Gasteiger partial charge in [0.1, 0.15) is 5.54 Å². The van der Waals surface area contributed by atoms with Crippen LogP contribution in [0.25, 0.3) is 0 Å². The van der Waals surface area contributed by atoms with E-state index >= 15 is 0 Å². The predicted molar refractivity (Wildman–Crippen MR) is 80.6 cm³/mol. The average molecular weight is 292 g/mol. The molecule has 108 valence electrons. The van der Waals surface area contributed by atoms with Crippen LogP contribution in [0.2, 0.25) is 0 Å². The molecule has 1 N–H and O–H groups in total. The largest absolute Gasteiger partial charge is 0.345 e. The zero-order chi connectivity index (χ0) is 14.6. The fraction of sp³-hybridized carbons (Fsp3) is 0.467. The van der Waals surface area contributed by atoms with Crippen LogP contribution in [0.5, 0.6) is 0 Å². The number of hydrogen-bond donors (Lipinski definition) is 1. The highest BCUT2D eigenvalue weighted by atomic mass is 32.2. The molecule has 0 radical (unpaired) electrons. The van der Waals surface area contributed by atoms with Gasteiger partial charge in [0, 0.05) is 17.2 Å². The minimum absolute atomic E-state index is 0.00242. The molecule has 1 aliphatic rings. The van der Waals surface area contributed by atoms with Crippen molar-refractivity contribution in [1.82, 2.24) is 10.2 Å². The lowest BCUT2D eigenvalue weighted by molar-refractivity contribution is -0.152. The van der Waals surface area contributed by atoms with Crippen LogP contribution in [-0.2, 0) is 9.59 Å². The summed E-state index contributed by atoms with van der Waals surface area (Å²) in [5.74, 6) is 0.741. The van der Waals surface area contributed by atoms with Gasteiger partial charge in [0.05, 0.1) is 6.54 Å². The van der Waals surface area contributed by atoms with Crippen molar-refractivity contribution in [3.8, 4) is 0 Å². The number of hydrogen-bond acceptors (Lipinski definition) is 3. The second kappa shape index (κ2) is 6.31. The predicted octanol–water partition coefficient (Wildman–Crippen LogP) is 1.91. The number of rotatable bonds is 5. The number of nitrogens with one attached hydrogen (secondary N) is 1. The maximum Gasteiger partial charge on any atom is 0.246 e. The van der Waals surface area contributed by atoms with Gasteiger partial charge in [-0.25, -0.2) is 0 Å². The van der Waals surface area contributed by atoms with Crippen LogP contribution in [0, 0.1) is 0 Å². The summed E-state index contributed by atoms with van der Waals surface area (Å²) in [5, 5.41) is 2.67. The zero-order valence-corrected chi connectivity index (χ0v) is 12.7. The van der Waals surface area contributed by atoms with Gasteiger partial charge in [-0.2, -0.15) is 0 Å². The Morgan fingerprint density at radius 3 is 2.65 bits per heavy atom.